The molecule has 3 aromatic heterocycles. The molecule has 2 atom stereocenters. The molecule has 0 radical (unpaired) electrons. The van der Waals surface area contributed by atoms with Gasteiger partial charge in [-0.15, -0.1) is 0 Å². The summed E-state index contributed by atoms with van der Waals surface area (Å²) in [5, 5.41) is 10.2. The number of halogens is 3. The molecule has 4 heterocycles. The predicted octanol–water partition coefficient (Wildman–Crippen LogP) is 1.53. The topological polar surface area (TPSA) is 106 Å². The van der Waals surface area contributed by atoms with Gasteiger partial charge in [-0.25, -0.2) is 22.7 Å². The van der Waals surface area contributed by atoms with Crippen LogP contribution in [0.25, 0.3) is 5.65 Å². The standard InChI is InChI=1S/C17H19F3N8O/c1-26-8-12(14(25-26)15(19)20)23-17(29)11-5-22-28-3-2-13(24-16(11)28)27-6-9(18)4-10(21)7-27/h2-3,5,8-10,15H,4,6-7,21H2,1H3,(H,23,29)/t9?,10-/m0/s1. The maximum atomic E-state index is 13.9. The predicted molar refractivity (Wildman–Crippen MR) is 98.8 cm³/mol. The number of hydrogen-bond donors (Lipinski definition) is 2. The first-order valence-corrected chi connectivity index (χ1v) is 8.94. The summed E-state index contributed by atoms with van der Waals surface area (Å²) in [6, 6.07) is 1.34. The van der Waals surface area contributed by atoms with Crippen LogP contribution in [0.3, 0.4) is 0 Å². The maximum absolute atomic E-state index is 13.9. The molecule has 1 aliphatic rings. The molecule has 0 bridgehead atoms. The van der Waals surface area contributed by atoms with Crippen molar-refractivity contribution in [3.05, 3.63) is 35.9 Å². The molecule has 0 spiro atoms. The molecular weight excluding hydrogens is 389 g/mol. The van der Waals surface area contributed by atoms with Crippen molar-refractivity contribution < 1.29 is 18.0 Å². The Kier molecular flexibility index (Phi) is 4.86. The van der Waals surface area contributed by atoms with E-state index in [2.05, 4.69) is 20.5 Å². The van der Waals surface area contributed by atoms with E-state index in [9.17, 15) is 18.0 Å². The zero-order valence-electron chi connectivity index (χ0n) is 15.5. The fourth-order valence-electron chi connectivity index (χ4n) is 3.41. The van der Waals surface area contributed by atoms with E-state index in [1.165, 1.54) is 28.6 Å². The Morgan fingerprint density at radius 2 is 2.17 bits per heavy atom. The van der Waals surface area contributed by atoms with E-state index >= 15 is 0 Å². The highest BCUT2D eigenvalue weighted by atomic mass is 19.3. The number of alkyl halides is 3. The highest BCUT2D eigenvalue weighted by Crippen LogP contribution is 2.26. The highest BCUT2D eigenvalue weighted by molar-refractivity contribution is 6.08. The molecule has 12 heteroatoms. The van der Waals surface area contributed by atoms with Gasteiger partial charge >= 0.3 is 0 Å². The molecule has 1 saturated heterocycles. The monoisotopic (exact) mass is 408 g/mol. The number of nitrogens with zero attached hydrogens (tertiary/aromatic N) is 6. The molecule has 0 aromatic carbocycles. The number of fused-ring (bicyclic) bond motifs is 1. The summed E-state index contributed by atoms with van der Waals surface area (Å²) < 4.78 is 42.7. The number of anilines is 2. The van der Waals surface area contributed by atoms with Crippen LogP contribution in [0.15, 0.2) is 24.7 Å². The molecular formula is C17H19F3N8O. The zero-order chi connectivity index (χ0) is 20.7. The van der Waals surface area contributed by atoms with Gasteiger partial charge in [-0.3, -0.25) is 9.48 Å². The third-order valence-electron chi connectivity index (χ3n) is 4.67. The first-order chi connectivity index (χ1) is 13.8. The summed E-state index contributed by atoms with van der Waals surface area (Å²) in [6.45, 7) is 0.590. The molecule has 3 aromatic rings. The number of nitrogens with one attached hydrogen (secondary N) is 1. The van der Waals surface area contributed by atoms with Gasteiger partial charge in [0.05, 0.1) is 18.4 Å². The molecule has 154 valence electrons. The number of piperidine rings is 1. The largest absolute Gasteiger partial charge is 0.352 e. The van der Waals surface area contributed by atoms with Crippen molar-refractivity contribution in [3.63, 3.8) is 0 Å². The maximum Gasteiger partial charge on any atom is 0.284 e. The van der Waals surface area contributed by atoms with Crippen LogP contribution < -0.4 is 16.0 Å². The average Bonchev–Trinajstić information content (AvgIpc) is 3.23. The number of carbonyl (C=O) groups is 1. The van der Waals surface area contributed by atoms with E-state index < -0.39 is 24.2 Å². The molecule has 4 rings (SSSR count). The molecule has 3 N–H and O–H groups in total. The van der Waals surface area contributed by atoms with Crippen molar-refractivity contribution in [2.24, 2.45) is 12.8 Å². The summed E-state index contributed by atoms with van der Waals surface area (Å²) in [7, 11) is 1.48. The Balaban J connectivity index is 1.63. The number of carbonyl (C=O) groups excluding carboxylic acids is 1. The molecule has 9 nitrogen and oxygen atoms in total. The second kappa shape index (κ2) is 7.35. The van der Waals surface area contributed by atoms with Crippen LogP contribution in [-0.2, 0) is 7.05 Å². The van der Waals surface area contributed by atoms with Crippen LogP contribution in [-0.4, -0.2) is 55.6 Å². The second-order valence-corrected chi connectivity index (χ2v) is 6.97. The molecule has 0 saturated carbocycles. The molecule has 0 aliphatic carbocycles. The Labute approximate surface area is 163 Å². The molecule has 1 fully saturated rings. The van der Waals surface area contributed by atoms with Crippen LogP contribution in [0.4, 0.5) is 24.7 Å². The fraction of sp³-hybridized carbons (Fsp3) is 0.412. The zero-order valence-corrected chi connectivity index (χ0v) is 15.5. The fourth-order valence-corrected chi connectivity index (χ4v) is 3.41. The first kappa shape index (κ1) is 19.2. The Hall–Kier alpha value is -3.15. The minimum Gasteiger partial charge on any atom is -0.352 e. The van der Waals surface area contributed by atoms with Gasteiger partial charge in [0.15, 0.2) is 11.3 Å². The second-order valence-electron chi connectivity index (χ2n) is 6.97. The third kappa shape index (κ3) is 3.75. The number of aryl methyl sites for hydroxylation is 1. The van der Waals surface area contributed by atoms with Crippen LogP contribution in [0.1, 0.15) is 28.9 Å². The number of hydrogen-bond acceptors (Lipinski definition) is 6. The lowest BCUT2D eigenvalue weighted by atomic mass is 10.1. The van der Waals surface area contributed by atoms with Crippen molar-refractivity contribution >= 4 is 23.1 Å². The summed E-state index contributed by atoms with van der Waals surface area (Å²) in [5.74, 6) is -0.197. The molecule has 1 aliphatic heterocycles. The lowest BCUT2D eigenvalue weighted by Crippen LogP contribution is -2.48. The minimum absolute atomic E-state index is 0.0917. The smallest absolute Gasteiger partial charge is 0.284 e. The van der Waals surface area contributed by atoms with Crippen LogP contribution in [0.2, 0.25) is 0 Å². The van der Waals surface area contributed by atoms with Gasteiger partial charge in [-0.2, -0.15) is 10.2 Å². The van der Waals surface area contributed by atoms with Crippen molar-refractivity contribution in [2.45, 2.75) is 25.1 Å². The summed E-state index contributed by atoms with van der Waals surface area (Å²) in [6.07, 6.45) is 0.563. The molecule has 1 unspecified atom stereocenters. The van der Waals surface area contributed by atoms with E-state index in [0.717, 1.165) is 0 Å². The Morgan fingerprint density at radius 3 is 2.90 bits per heavy atom. The Bertz CT molecular complexity index is 1040. The third-order valence-corrected chi connectivity index (χ3v) is 4.67. The van der Waals surface area contributed by atoms with E-state index in [-0.39, 0.29) is 35.9 Å². The van der Waals surface area contributed by atoms with Crippen molar-refractivity contribution in [3.8, 4) is 0 Å². The quantitative estimate of drug-likeness (QED) is 0.678. The number of rotatable bonds is 4. The van der Waals surface area contributed by atoms with Crippen molar-refractivity contribution in [2.75, 3.05) is 23.3 Å². The normalized spacial score (nSPS) is 19.9. The Morgan fingerprint density at radius 1 is 1.38 bits per heavy atom. The van der Waals surface area contributed by atoms with Gasteiger partial charge in [0, 0.05) is 32.0 Å². The van der Waals surface area contributed by atoms with Gasteiger partial charge < -0.3 is 16.0 Å². The van der Waals surface area contributed by atoms with Gasteiger partial charge in [0.25, 0.3) is 12.3 Å². The van der Waals surface area contributed by atoms with Crippen LogP contribution in [0, 0.1) is 0 Å². The SMILES string of the molecule is Cn1cc(NC(=O)c2cnn3ccc(N4CC(F)C[C@H](N)C4)nc23)c(C(F)F)n1. The van der Waals surface area contributed by atoms with Gasteiger partial charge in [0.2, 0.25) is 0 Å². The van der Waals surface area contributed by atoms with E-state index in [1.54, 1.807) is 17.2 Å². The van der Waals surface area contributed by atoms with Gasteiger partial charge in [-0.05, 0) is 12.5 Å². The summed E-state index contributed by atoms with van der Waals surface area (Å²) >= 11 is 0. The first-order valence-electron chi connectivity index (χ1n) is 8.94. The molecule has 29 heavy (non-hydrogen) atoms. The minimum atomic E-state index is -2.84. The average molecular weight is 408 g/mol. The van der Waals surface area contributed by atoms with Gasteiger partial charge in [-0.1, -0.05) is 0 Å². The highest BCUT2D eigenvalue weighted by Gasteiger charge is 2.27. The van der Waals surface area contributed by atoms with E-state index in [1.807, 2.05) is 0 Å². The number of amides is 1. The number of aromatic nitrogens is 5. The lowest BCUT2D eigenvalue weighted by molar-refractivity contribution is 0.102. The summed E-state index contributed by atoms with van der Waals surface area (Å²) in [5.41, 5.74) is 5.58. The van der Waals surface area contributed by atoms with E-state index in [4.69, 9.17) is 5.73 Å². The van der Waals surface area contributed by atoms with Crippen molar-refractivity contribution in [1.82, 2.24) is 24.4 Å². The van der Waals surface area contributed by atoms with Crippen LogP contribution in [0.5, 0.6) is 0 Å². The van der Waals surface area contributed by atoms with Crippen LogP contribution >= 0.6 is 0 Å². The number of nitrogens with two attached hydrogens (primary N) is 1. The van der Waals surface area contributed by atoms with E-state index in [0.29, 0.717) is 12.4 Å². The lowest BCUT2D eigenvalue weighted by Gasteiger charge is -2.33. The van der Waals surface area contributed by atoms with Gasteiger partial charge in [0.1, 0.15) is 17.6 Å². The summed E-state index contributed by atoms with van der Waals surface area (Å²) in [4.78, 5) is 18.8. The van der Waals surface area contributed by atoms with Crippen molar-refractivity contribution in [1.29, 1.82) is 0 Å². The molecule has 1 amide bonds.